The Hall–Kier alpha value is -2.75. The quantitative estimate of drug-likeness (QED) is 0.855. The Morgan fingerprint density at radius 3 is 2.37 bits per heavy atom. The molecule has 2 aromatic carbocycles. The average Bonchev–Trinajstić information content (AvgIpc) is 2.57. The van der Waals surface area contributed by atoms with Gasteiger partial charge in [-0.3, -0.25) is 9.52 Å². The summed E-state index contributed by atoms with van der Waals surface area (Å²) in [5.74, 6) is -0.528. The van der Waals surface area contributed by atoms with E-state index >= 15 is 0 Å². The monoisotopic (exact) mass is 400 g/mol. The Morgan fingerprint density at radius 1 is 1.07 bits per heavy atom. The molecule has 10 heteroatoms. The zero-order valence-corrected chi connectivity index (χ0v) is 14.9. The molecule has 6 nitrogen and oxygen atoms in total. The van der Waals surface area contributed by atoms with Crippen molar-refractivity contribution < 1.29 is 31.1 Å². The maximum absolute atomic E-state index is 12.4. The lowest BCUT2D eigenvalue weighted by Gasteiger charge is -2.26. The topological polar surface area (TPSA) is 75.7 Å². The minimum absolute atomic E-state index is 0.0167. The molecule has 0 unspecified atom stereocenters. The third-order valence-corrected chi connectivity index (χ3v) is 5.44. The molecule has 0 saturated carbocycles. The summed E-state index contributed by atoms with van der Waals surface area (Å²) in [6.07, 6.45) is -4.02. The van der Waals surface area contributed by atoms with Crippen molar-refractivity contribution >= 4 is 27.3 Å². The third-order valence-electron chi connectivity index (χ3n) is 4.04. The van der Waals surface area contributed by atoms with Crippen molar-refractivity contribution in [1.82, 2.24) is 0 Å². The van der Waals surface area contributed by atoms with Crippen molar-refractivity contribution in [1.29, 1.82) is 0 Å². The molecule has 0 fully saturated rings. The molecular formula is C17H15F3N2O4S. The lowest BCUT2D eigenvalue weighted by molar-refractivity contribution is -0.274. The van der Waals surface area contributed by atoms with Crippen LogP contribution in [0, 0.1) is 0 Å². The van der Waals surface area contributed by atoms with Crippen molar-refractivity contribution in [3.8, 4) is 5.75 Å². The van der Waals surface area contributed by atoms with Crippen LogP contribution in [-0.4, -0.2) is 27.7 Å². The van der Waals surface area contributed by atoms with E-state index in [0.717, 1.165) is 29.8 Å². The van der Waals surface area contributed by atoms with Gasteiger partial charge in [0.1, 0.15) is 5.75 Å². The normalized spacial score (nSPS) is 14.7. The van der Waals surface area contributed by atoms with E-state index in [-0.39, 0.29) is 10.8 Å². The average molecular weight is 400 g/mol. The van der Waals surface area contributed by atoms with E-state index in [0.29, 0.717) is 24.2 Å². The zero-order valence-electron chi connectivity index (χ0n) is 14.1. The molecule has 0 aliphatic carbocycles. The maximum Gasteiger partial charge on any atom is 0.573 e. The molecule has 1 aliphatic heterocycles. The maximum atomic E-state index is 12.4. The predicted octanol–water partition coefficient (Wildman–Crippen LogP) is 3.30. The van der Waals surface area contributed by atoms with Gasteiger partial charge in [-0.15, -0.1) is 13.2 Å². The van der Waals surface area contributed by atoms with Crippen LogP contribution in [0.25, 0.3) is 0 Å². The fourth-order valence-electron chi connectivity index (χ4n) is 2.75. The summed E-state index contributed by atoms with van der Waals surface area (Å²) in [4.78, 5) is 13.0. The summed E-state index contributed by atoms with van der Waals surface area (Å²) in [5, 5.41) is 0. The first-order chi connectivity index (χ1) is 12.5. The molecule has 144 valence electrons. The number of benzene rings is 2. The van der Waals surface area contributed by atoms with E-state index < -0.39 is 22.1 Å². The van der Waals surface area contributed by atoms with Gasteiger partial charge in [0.25, 0.3) is 10.0 Å². The number of hydrogen-bond donors (Lipinski definition) is 1. The molecule has 0 bridgehead atoms. The number of hydrogen-bond acceptors (Lipinski definition) is 4. The van der Waals surface area contributed by atoms with E-state index in [1.807, 2.05) is 0 Å². The van der Waals surface area contributed by atoms with Gasteiger partial charge in [-0.1, -0.05) is 0 Å². The molecule has 0 radical (unpaired) electrons. The minimum atomic E-state index is -4.85. The Labute approximate surface area is 153 Å². The van der Waals surface area contributed by atoms with E-state index in [4.69, 9.17) is 0 Å². The van der Waals surface area contributed by atoms with Gasteiger partial charge in [-0.05, 0) is 54.4 Å². The largest absolute Gasteiger partial charge is 0.573 e. The van der Waals surface area contributed by atoms with Crippen LogP contribution in [0.2, 0.25) is 0 Å². The number of fused-ring (bicyclic) bond motifs is 1. The molecule has 1 heterocycles. The van der Waals surface area contributed by atoms with Crippen LogP contribution in [-0.2, 0) is 21.2 Å². The summed E-state index contributed by atoms with van der Waals surface area (Å²) in [6.45, 7) is 0. The number of carbonyl (C=O) groups excluding carboxylic acids is 1. The Bertz CT molecular complexity index is 973. The van der Waals surface area contributed by atoms with Crippen LogP contribution in [0.1, 0.15) is 12.0 Å². The van der Waals surface area contributed by atoms with Crippen LogP contribution in [0.3, 0.4) is 0 Å². The highest BCUT2D eigenvalue weighted by Crippen LogP contribution is 2.30. The third kappa shape index (κ3) is 4.33. The number of rotatable bonds is 4. The molecule has 0 atom stereocenters. The second-order valence-electron chi connectivity index (χ2n) is 5.92. The van der Waals surface area contributed by atoms with Gasteiger partial charge in [0, 0.05) is 24.8 Å². The van der Waals surface area contributed by atoms with Crippen molar-refractivity contribution in [2.45, 2.75) is 24.1 Å². The molecule has 0 spiro atoms. The molecular weight excluding hydrogens is 385 g/mol. The first-order valence-electron chi connectivity index (χ1n) is 7.83. The number of nitrogens with zero attached hydrogens (tertiary/aromatic N) is 1. The van der Waals surface area contributed by atoms with Crippen LogP contribution < -0.4 is 14.4 Å². The number of aryl methyl sites for hydroxylation is 1. The summed E-state index contributed by atoms with van der Waals surface area (Å²) >= 11 is 0. The Balaban J connectivity index is 1.80. The highest BCUT2D eigenvalue weighted by Gasteiger charge is 2.31. The van der Waals surface area contributed by atoms with Crippen molar-refractivity contribution in [2.75, 3.05) is 16.7 Å². The smallest absolute Gasteiger partial charge is 0.406 e. The number of carbonyl (C=O) groups is 1. The number of anilines is 2. The van der Waals surface area contributed by atoms with Crippen molar-refractivity contribution in [3.63, 3.8) is 0 Å². The zero-order chi connectivity index (χ0) is 19.8. The van der Waals surface area contributed by atoms with Crippen molar-refractivity contribution in [3.05, 3.63) is 48.0 Å². The number of sulfonamides is 1. The molecule has 1 amide bonds. The summed E-state index contributed by atoms with van der Waals surface area (Å²) in [5.41, 5.74) is 1.83. The second-order valence-corrected chi connectivity index (χ2v) is 7.60. The second kappa shape index (κ2) is 6.76. The number of ether oxygens (including phenoxy) is 1. The lowest BCUT2D eigenvalue weighted by Crippen LogP contribution is -2.31. The first kappa shape index (κ1) is 19.0. The predicted molar refractivity (Wildman–Crippen MR) is 92.1 cm³/mol. The highest BCUT2D eigenvalue weighted by atomic mass is 32.2. The fourth-order valence-corrected chi connectivity index (χ4v) is 3.80. The van der Waals surface area contributed by atoms with Crippen LogP contribution in [0.15, 0.2) is 47.4 Å². The van der Waals surface area contributed by atoms with Gasteiger partial charge in [0.2, 0.25) is 5.91 Å². The van der Waals surface area contributed by atoms with Crippen LogP contribution >= 0.6 is 0 Å². The summed E-state index contributed by atoms with van der Waals surface area (Å²) < 4.78 is 67.5. The lowest BCUT2D eigenvalue weighted by atomic mass is 10.0. The molecule has 0 saturated heterocycles. The number of nitrogens with one attached hydrogen (secondary N) is 1. The molecule has 1 N–H and O–H groups in total. The number of alkyl halides is 3. The minimum Gasteiger partial charge on any atom is -0.406 e. The molecule has 0 aromatic heterocycles. The van der Waals surface area contributed by atoms with Gasteiger partial charge in [-0.2, -0.15) is 0 Å². The Morgan fingerprint density at radius 2 is 1.74 bits per heavy atom. The van der Waals surface area contributed by atoms with Gasteiger partial charge in [0.15, 0.2) is 0 Å². The van der Waals surface area contributed by atoms with Crippen molar-refractivity contribution in [2.24, 2.45) is 0 Å². The van der Waals surface area contributed by atoms with E-state index in [9.17, 15) is 26.4 Å². The van der Waals surface area contributed by atoms with Gasteiger partial charge < -0.3 is 9.64 Å². The first-order valence-corrected chi connectivity index (χ1v) is 9.31. The standard InChI is InChI=1S/C17H15F3N2O4S/c1-22-15-8-3-12(10-11(15)2-9-16(22)23)21-27(24,25)14-6-4-13(5-7-14)26-17(18,19)20/h3-8,10,21H,2,9H2,1H3. The van der Waals surface area contributed by atoms with Gasteiger partial charge in [0.05, 0.1) is 4.90 Å². The van der Waals surface area contributed by atoms with Gasteiger partial charge in [-0.25, -0.2) is 8.42 Å². The molecule has 27 heavy (non-hydrogen) atoms. The van der Waals surface area contributed by atoms with E-state index in [1.165, 1.54) is 11.0 Å². The van der Waals surface area contributed by atoms with E-state index in [1.54, 1.807) is 19.2 Å². The fraction of sp³-hybridized carbons (Fsp3) is 0.235. The summed E-state index contributed by atoms with van der Waals surface area (Å²) in [7, 11) is -2.34. The van der Waals surface area contributed by atoms with Crippen LogP contribution in [0.5, 0.6) is 5.75 Å². The van der Waals surface area contributed by atoms with Crippen LogP contribution in [0.4, 0.5) is 24.5 Å². The van der Waals surface area contributed by atoms with Gasteiger partial charge >= 0.3 is 6.36 Å². The summed E-state index contributed by atoms with van der Waals surface area (Å²) in [6, 6.07) is 8.70. The molecule has 2 aromatic rings. The SMILES string of the molecule is CN1C(=O)CCc2cc(NS(=O)(=O)c3ccc(OC(F)(F)F)cc3)ccc21. The number of amides is 1. The van der Waals surface area contributed by atoms with E-state index in [2.05, 4.69) is 9.46 Å². The molecule has 3 rings (SSSR count). The Kier molecular flexibility index (Phi) is 4.77. The molecule has 1 aliphatic rings. The number of halogens is 3. The highest BCUT2D eigenvalue weighted by molar-refractivity contribution is 7.92.